The normalized spacial score (nSPS) is 17.5. The molecule has 1 aliphatic heterocycles. The predicted molar refractivity (Wildman–Crippen MR) is 149 cm³/mol. The van der Waals surface area contributed by atoms with E-state index in [1.807, 2.05) is 60.0 Å². The summed E-state index contributed by atoms with van der Waals surface area (Å²) in [6, 6.07) is 2.03. The first-order chi connectivity index (χ1) is 18.4. The van der Waals surface area contributed by atoms with E-state index in [-0.39, 0.29) is 12.7 Å². The zero-order valence-electron chi connectivity index (χ0n) is 23.3. The Balaban J connectivity index is 1.63. The molecule has 0 spiro atoms. The number of H-pyrrole nitrogens is 1. The van der Waals surface area contributed by atoms with Crippen LogP contribution in [0.2, 0.25) is 0 Å². The molecule has 0 radical (unpaired) electrons. The summed E-state index contributed by atoms with van der Waals surface area (Å²) in [5.41, 5.74) is 7.68. The molecular weight excluding hydrogens is 520 g/mol. The van der Waals surface area contributed by atoms with Crippen molar-refractivity contribution in [2.24, 2.45) is 7.05 Å². The van der Waals surface area contributed by atoms with Crippen LogP contribution in [0.15, 0.2) is 6.07 Å². The summed E-state index contributed by atoms with van der Waals surface area (Å²) in [5.74, 6) is 0.668. The van der Waals surface area contributed by atoms with Crippen LogP contribution in [-0.4, -0.2) is 80.6 Å². The number of aromatic amines is 1. The maximum Gasteiger partial charge on any atom is 0.264 e. The average Bonchev–Trinajstić information content (AvgIpc) is 3.45. The van der Waals surface area contributed by atoms with Crippen LogP contribution >= 0.6 is 0 Å². The monoisotopic (exact) mass is 554 g/mol. The molecule has 5 heterocycles. The lowest BCUT2D eigenvalue weighted by atomic mass is 10.1. The zero-order valence-corrected chi connectivity index (χ0v) is 24.1. The first kappa shape index (κ1) is 27.0. The minimum Gasteiger partial charge on any atom is -0.473 e. The van der Waals surface area contributed by atoms with Gasteiger partial charge in [-0.15, -0.1) is 0 Å². The Labute approximate surface area is 227 Å². The number of ether oxygens (including phenoxy) is 1. The van der Waals surface area contributed by atoms with E-state index < -0.39 is 10.1 Å². The van der Waals surface area contributed by atoms with Gasteiger partial charge in [-0.2, -0.15) is 23.7 Å². The van der Waals surface area contributed by atoms with E-state index in [2.05, 4.69) is 20.2 Å². The van der Waals surface area contributed by atoms with Crippen LogP contribution in [-0.2, 0) is 34.4 Å². The van der Waals surface area contributed by atoms with Gasteiger partial charge >= 0.3 is 0 Å². The van der Waals surface area contributed by atoms with Gasteiger partial charge in [0, 0.05) is 36.8 Å². The van der Waals surface area contributed by atoms with Gasteiger partial charge in [0.25, 0.3) is 10.1 Å². The molecule has 0 saturated carbocycles. The maximum atomic E-state index is 11.4. The minimum atomic E-state index is -3.53. The van der Waals surface area contributed by atoms with Gasteiger partial charge in [-0.1, -0.05) is 0 Å². The van der Waals surface area contributed by atoms with Crippen LogP contribution in [0.3, 0.4) is 0 Å². The Morgan fingerprint density at radius 3 is 2.67 bits per heavy atom. The number of fused-ring (bicyclic) bond motifs is 4. The number of aryl methyl sites for hydroxylation is 3. The molecule has 0 unspecified atom stereocenters. The third-order valence-electron chi connectivity index (χ3n) is 6.82. The number of likely N-dealkylation sites (N-methyl/N-ethyl adjacent to an activating group) is 1. The van der Waals surface area contributed by atoms with Crippen molar-refractivity contribution in [2.45, 2.75) is 46.9 Å². The second-order valence-corrected chi connectivity index (χ2v) is 11.8. The number of nitrogens with zero attached hydrogens (tertiary/aromatic N) is 7. The van der Waals surface area contributed by atoms with Gasteiger partial charge in [0.2, 0.25) is 5.88 Å². The highest BCUT2D eigenvalue weighted by Crippen LogP contribution is 2.35. The van der Waals surface area contributed by atoms with E-state index in [4.69, 9.17) is 19.0 Å². The molecule has 5 rings (SSSR count). The molecule has 0 amide bonds. The van der Waals surface area contributed by atoms with Gasteiger partial charge in [0.05, 0.1) is 53.4 Å². The molecule has 12 nitrogen and oxygen atoms in total. The molecule has 1 aliphatic rings. The molecule has 0 fully saturated rings. The van der Waals surface area contributed by atoms with E-state index in [1.165, 1.54) is 0 Å². The Morgan fingerprint density at radius 2 is 1.92 bits per heavy atom. The van der Waals surface area contributed by atoms with Crippen molar-refractivity contribution in [2.75, 3.05) is 26.5 Å². The fourth-order valence-corrected chi connectivity index (χ4v) is 5.49. The lowest BCUT2D eigenvalue weighted by Crippen LogP contribution is -2.31. The molecule has 1 atom stereocenters. The second-order valence-electron chi connectivity index (χ2n) is 10.2. The first-order valence-electron chi connectivity index (χ1n) is 12.7. The van der Waals surface area contributed by atoms with Crippen LogP contribution < -0.4 is 4.74 Å². The summed E-state index contributed by atoms with van der Waals surface area (Å²) in [7, 11) is 0.370. The highest BCUT2D eigenvalue weighted by molar-refractivity contribution is 7.85. The van der Waals surface area contributed by atoms with Crippen molar-refractivity contribution >= 4 is 33.2 Å². The van der Waals surface area contributed by atoms with Crippen LogP contribution in [0.25, 0.3) is 34.3 Å². The Morgan fingerprint density at radius 1 is 1.15 bits per heavy atom. The highest BCUT2D eigenvalue weighted by atomic mass is 32.2. The highest BCUT2D eigenvalue weighted by Gasteiger charge is 2.24. The van der Waals surface area contributed by atoms with Crippen LogP contribution in [0, 0.1) is 20.8 Å². The van der Waals surface area contributed by atoms with Gasteiger partial charge < -0.3 is 4.74 Å². The van der Waals surface area contributed by atoms with Gasteiger partial charge in [-0.25, -0.2) is 4.68 Å². The summed E-state index contributed by atoms with van der Waals surface area (Å²) in [6.45, 7) is 9.45. The van der Waals surface area contributed by atoms with Crippen molar-refractivity contribution in [3.8, 4) is 17.1 Å². The summed E-state index contributed by atoms with van der Waals surface area (Å²) in [4.78, 5) is 7.01. The molecule has 0 aromatic carbocycles. The Bertz CT molecular complexity index is 1680. The molecule has 4 aromatic heterocycles. The van der Waals surface area contributed by atoms with Crippen molar-refractivity contribution in [3.63, 3.8) is 0 Å². The Hall–Kier alpha value is -3.55. The van der Waals surface area contributed by atoms with E-state index >= 15 is 0 Å². The fourth-order valence-electron chi connectivity index (χ4n) is 5.11. The topological polar surface area (TPSA) is 133 Å². The number of pyridine rings is 1. The Kier molecular flexibility index (Phi) is 7.08. The molecule has 1 N–H and O–H groups in total. The first-order valence-corrected chi connectivity index (χ1v) is 14.6. The molecule has 2 bridgehead atoms. The number of hydrogen-bond acceptors (Lipinski definition) is 9. The standard InChI is InChI=1S/C26H34N8O4S/c1-15-13-32(5)14-23-19(18(4)34(31-23)10-11-37-39(7,35)36)8-9-21-20-12-22(27-17(3)25(20)29-28-21)24-16(2)30-33(6)26(24)38-15/h8-9,12,15H,10-11,13-14H2,1-7H3,(H,28,29)/b9-8+/t15-/m0/s1. The van der Waals surface area contributed by atoms with Gasteiger partial charge in [0.1, 0.15) is 11.6 Å². The van der Waals surface area contributed by atoms with E-state index in [9.17, 15) is 8.42 Å². The molecule has 208 valence electrons. The molecule has 4 aromatic rings. The summed E-state index contributed by atoms with van der Waals surface area (Å²) in [6.07, 6.45) is 4.93. The van der Waals surface area contributed by atoms with E-state index in [0.717, 1.165) is 62.4 Å². The quantitative estimate of drug-likeness (QED) is 0.378. The summed E-state index contributed by atoms with van der Waals surface area (Å²) >= 11 is 0. The third-order valence-corrected chi connectivity index (χ3v) is 7.41. The second kappa shape index (κ2) is 10.2. The fraction of sp³-hybridized carbons (Fsp3) is 0.462. The average molecular weight is 555 g/mol. The number of hydrogen-bond donors (Lipinski definition) is 1. The zero-order chi connectivity index (χ0) is 28.1. The smallest absolute Gasteiger partial charge is 0.264 e. The van der Waals surface area contributed by atoms with Crippen LogP contribution in [0.5, 0.6) is 5.88 Å². The number of rotatable bonds is 4. The minimum absolute atomic E-state index is 0.0113. The van der Waals surface area contributed by atoms with Crippen molar-refractivity contribution in [1.82, 2.24) is 39.6 Å². The van der Waals surface area contributed by atoms with Crippen LogP contribution in [0.4, 0.5) is 0 Å². The van der Waals surface area contributed by atoms with Gasteiger partial charge in [-0.3, -0.25) is 23.8 Å². The maximum absolute atomic E-state index is 11.4. The molecular formula is C26H34N8O4S. The summed E-state index contributed by atoms with van der Waals surface area (Å²) < 4.78 is 37.9. The van der Waals surface area contributed by atoms with E-state index in [0.29, 0.717) is 25.5 Å². The SMILES string of the molecule is Cc1nn(C)c2c1-c1cc3c([nH]nc3c(C)n1)/C=C/c1c(nn(CCOS(C)(=O)=O)c1C)CN(C)C[C@H](C)O2. The van der Waals surface area contributed by atoms with Crippen LogP contribution in [0.1, 0.15) is 41.0 Å². The molecule has 13 heteroatoms. The molecule has 39 heavy (non-hydrogen) atoms. The van der Waals surface area contributed by atoms with Crippen molar-refractivity contribution < 1.29 is 17.3 Å². The molecule has 0 aliphatic carbocycles. The van der Waals surface area contributed by atoms with E-state index in [1.54, 1.807) is 9.36 Å². The van der Waals surface area contributed by atoms with Crippen molar-refractivity contribution in [3.05, 3.63) is 40.1 Å². The molecule has 0 saturated heterocycles. The van der Waals surface area contributed by atoms with Crippen molar-refractivity contribution in [1.29, 1.82) is 0 Å². The lowest BCUT2D eigenvalue weighted by Gasteiger charge is -2.22. The number of aromatic nitrogens is 7. The largest absolute Gasteiger partial charge is 0.473 e. The lowest BCUT2D eigenvalue weighted by molar-refractivity contribution is 0.148. The van der Waals surface area contributed by atoms with Gasteiger partial charge in [0.15, 0.2) is 0 Å². The predicted octanol–water partition coefficient (Wildman–Crippen LogP) is 2.84. The third kappa shape index (κ3) is 5.47. The number of nitrogens with one attached hydrogen (secondary N) is 1. The summed E-state index contributed by atoms with van der Waals surface area (Å²) in [5, 5.41) is 18.1. The van der Waals surface area contributed by atoms with Gasteiger partial charge in [-0.05, 0) is 53.0 Å².